The highest BCUT2D eigenvalue weighted by molar-refractivity contribution is 5.79. The Bertz CT molecular complexity index is 170. The lowest BCUT2D eigenvalue weighted by molar-refractivity contribution is -0.123. The van der Waals surface area contributed by atoms with E-state index in [1.807, 2.05) is 0 Å². The van der Waals surface area contributed by atoms with Gasteiger partial charge in [-0.1, -0.05) is 33.6 Å². The lowest BCUT2D eigenvalue weighted by Gasteiger charge is -2.33. The van der Waals surface area contributed by atoms with Crippen molar-refractivity contribution in [3.05, 3.63) is 0 Å². The van der Waals surface area contributed by atoms with Crippen LogP contribution < -0.4 is 0 Å². The first-order valence-corrected chi connectivity index (χ1v) is 5.70. The van der Waals surface area contributed by atoms with Gasteiger partial charge in [-0.3, -0.25) is 4.79 Å². The van der Waals surface area contributed by atoms with Crippen molar-refractivity contribution in [2.75, 3.05) is 0 Å². The maximum absolute atomic E-state index is 11.4. The highest BCUT2D eigenvalue weighted by atomic mass is 16.1. The molecule has 0 radical (unpaired) electrons. The van der Waals surface area contributed by atoms with E-state index in [0.717, 1.165) is 31.1 Å². The Labute approximate surface area is 81.9 Å². The fraction of sp³-hybridized carbons (Fsp3) is 0.917. The van der Waals surface area contributed by atoms with E-state index in [0.29, 0.717) is 11.7 Å². The number of carbonyl (C=O) groups is 1. The lowest BCUT2D eigenvalue weighted by Crippen LogP contribution is -2.28. The van der Waals surface area contributed by atoms with Gasteiger partial charge in [0.1, 0.15) is 5.78 Å². The van der Waals surface area contributed by atoms with Crippen LogP contribution >= 0.6 is 0 Å². The third-order valence-electron chi connectivity index (χ3n) is 3.73. The average molecular weight is 182 g/mol. The summed E-state index contributed by atoms with van der Waals surface area (Å²) in [4.78, 5) is 11.4. The van der Waals surface area contributed by atoms with Crippen molar-refractivity contribution in [3.63, 3.8) is 0 Å². The smallest absolute Gasteiger partial charge is 0.133 e. The molecule has 0 aliphatic heterocycles. The molecule has 13 heavy (non-hydrogen) atoms. The van der Waals surface area contributed by atoms with Crippen LogP contribution in [0.4, 0.5) is 0 Å². The van der Waals surface area contributed by atoms with Gasteiger partial charge in [-0.05, 0) is 24.2 Å². The van der Waals surface area contributed by atoms with Gasteiger partial charge in [0.2, 0.25) is 0 Å². The molecule has 76 valence electrons. The van der Waals surface area contributed by atoms with Crippen molar-refractivity contribution in [2.24, 2.45) is 17.8 Å². The van der Waals surface area contributed by atoms with E-state index in [9.17, 15) is 4.79 Å². The number of Topliss-reactive ketones (excluding diaryl/α,β-unsaturated/α-hetero) is 1. The standard InChI is InChI=1S/C12H22O/c1-4-10(5-2)12-8-11(13)7-6-9(12)3/h9-10,12H,4-8H2,1-3H3. The van der Waals surface area contributed by atoms with Crippen LogP contribution in [0.3, 0.4) is 0 Å². The maximum atomic E-state index is 11.4. The van der Waals surface area contributed by atoms with Crippen LogP contribution in [0.5, 0.6) is 0 Å². The van der Waals surface area contributed by atoms with Gasteiger partial charge >= 0.3 is 0 Å². The van der Waals surface area contributed by atoms with Gasteiger partial charge in [-0.15, -0.1) is 0 Å². The van der Waals surface area contributed by atoms with E-state index in [2.05, 4.69) is 20.8 Å². The first-order chi connectivity index (χ1) is 6.19. The van der Waals surface area contributed by atoms with Gasteiger partial charge in [-0.25, -0.2) is 0 Å². The summed E-state index contributed by atoms with van der Waals surface area (Å²) >= 11 is 0. The number of hydrogen-bond donors (Lipinski definition) is 0. The Hall–Kier alpha value is -0.330. The van der Waals surface area contributed by atoms with Crippen LogP contribution in [0.1, 0.15) is 52.9 Å². The Morgan fingerprint density at radius 1 is 1.38 bits per heavy atom. The monoisotopic (exact) mass is 182 g/mol. The number of carbonyl (C=O) groups excluding carboxylic acids is 1. The molecule has 1 aliphatic rings. The van der Waals surface area contributed by atoms with E-state index < -0.39 is 0 Å². The molecule has 0 heterocycles. The topological polar surface area (TPSA) is 17.1 Å². The number of hydrogen-bond acceptors (Lipinski definition) is 1. The van der Waals surface area contributed by atoms with E-state index in [-0.39, 0.29) is 0 Å². The molecule has 0 aromatic carbocycles. The van der Waals surface area contributed by atoms with Crippen LogP contribution in [-0.2, 0) is 4.79 Å². The fourth-order valence-electron chi connectivity index (χ4n) is 2.69. The highest BCUT2D eigenvalue weighted by Crippen LogP contribution is 2.36. The molecular weight excluding hydrogens is 160 g/mol. The van der Waals surface area contributed by atoms with Crippen LogP contribution in [0.25, 0.3) is 0 Å². The molecule has 1 fully saturated rings. The Morgan fingerprint density at radius 2 is 2.00 bits per heavy atom. The van der Waals surface area contributed by atoms with Crippen LogP contribution in [-0.4, -0.2) is 5.78 Å². The summed E-state index contributed by atoms with van der Waals surface area (Å²) in [5.74, 6) is 2.72. The molecule has 0 aromatic rings. The number of rotatable bonds is 3. The second-order valence-electron chi connectivity index (χ2n) is 4.50. The summed E-state index contributed by atoms with van der Waals surface area (Å²) in [6, 6.07) is 0. The van der Waals surface area contributed by atoms with Gasteiger partial charge in [0.15, 0.2) is 0 Å². The molecule has 1 aliphatic carbocycles. The third-order valence-corrected chi connectivity index (χ3v) is 3.73. The van der Waals surface area contributed by atoms with Crippen molar-refractivity contribution in [2.45, 2.75) is 52.9 Å². The van der Waals surface area contributed by atoms with E-state index in [1.165, 1.54) is 12.8 Å². The first-order valence-electron chi connectivity index (χ1n) is 5.70. The van der Waals surface area contributed by atoms with E-state index in [4.69, 9.17) is 0 Å². The molecule has 0 saturated heterocycles. The normalized spacial score (nSPS) is 29.7. The van der Waals surface area contributed by atoms with E-state index >= 15 is 0 Å². The highest BCUT2D eigenvalue weighted by Gasteiger charge is 2.30. The Balaban J connectivity index is 2.58. The summed E-state index contributed by atoms with van der Waals surface area (Å²) in [6.45, 7) is 6.81. The van der Waals surface area contributed by atoms with Crippen LogP contribution in [0, 0.1) is 17.8 Å². The zero-order valence-electron chi connectivity index (χ0n) is 9.18. The molecule has 0 bridgehead atoms. The Kier molecular flexibility index (Phi) is 3.95. The summed E-state index contributed by atoms with van der Waals surface area (Å²) in [6.07, 6.45) is 5.28. The molecule has 0 spiro atoms. The lowest BCUT2D eigenvalue weighted by atomic mass is 9.71. The molecule has 2 atom stereocenters. The minimum absolute atomic E-state index is 0.495. The predicted octanol–water partition coefficient (Wildman–Crippen LogP) is 3.43. The number of ketones is 1. The zero-order valence-corrected chi connectivity index (χ0v) is 9.18. The molecular formula is C12H22O. The molecule has 1 rings (SSSR count). The molecule has 1 saturated carbocycles. The quantitative estimate of drug-likeness (QED) is 0.653. The zero-order chi connectivity index (χ0) is 9.84. The predicted molar refractivity (Wildman–Crippen MR) is 55.6 cm³/mol. The third kappa shape index (κ3) is 2.55. The largest absolute Gasteiger partial charge is 0.300 e. The van der Waals surface area contributed by atoms with Crippen molar-refractivity contribution in [3.8, 4) is 0 Å². The maximum Gasteiger partial charge on any atom is 0.133 e. The van der Waals surface area contributed by atoms with E-state index in [1.54, 1.807) is 0 Å². The van der Waals surface area contributed by atoms with Crippen LogP contribution in [0.15, 0.2) is 0 Å². The second kappa shape index (κ2) is 4.78. The van der Waals surface area contributed by atoms with Gasteiger partial charge in [0, 0.05) is 12.8 Å². The summed E-state index contributed by atoms with van der Waals surface area (Å²) in [7, 11) is 0. The SMILES string of the molecule is CCC(CC)C1CC(=O)CCC1C. The van der Waals surface area contributed by atoms with Crippen molar-refractivity contribution >= 4 is 5.78 Å². The van der Waals surface area contributed by atoms with Crippen molar-refractivity contribution in [1.82, 2.24) is 0 Å². The molecule has 2 unspecified atom stereocenters. The van der Waals surface area contributed by atoms with Gasteiger partial charge in [0.05, 0.1) is 0 Å². The Morgan fingerprint density at radius 3 is 2.54 bits per heavy atom. The van der Waals surface area contributed by atoms with Gasteiger partial charge < -0.3 is 0 Å². The minimum atomic E-state index is 0.495. The molecule has 0 aromatic heterocycles. The molecule has 1 nitrogen and oxygen atoms in total. The second-order valence-corrected chi connectivity index (χ2v) is 4.50. The summed E-state index contributed by atoms with van der Waals surface area (Å²) in [5.41, 5.74) is 0. The van der Waals surface area contributed by atoms with Gasteiger partial charge in [0.25, 0.3) is 0 Å². The average Bonchev–Trinajstić information content (AvgIpc) is 2.13. The van der Waals surface area contributed by atoms with Crippen molar-refractivity contribution in [1.29, 1.82) is 0 Å². The molecule has 1 heteroatoms. The van der Waals surface area contributed by atoms with Crippen molar-refractivity contribution < 1.29 is 4.79 Å². The first kappa shape index (κ1) is 10.7. The molecule has 0 N–H and O–H groups in total. The summed E-state index contributed by atoms with van der Waals surface area (Å²) < 4.78 is 0. The van der Waals surface area contributed by atoms with Crippen LogP contribution in [0.2, 0.25) is 0 Å². The summed E-state index contributed by atoms with van der Waals surface area (Å²) in [5, 5.41) is 0. The molecule has 0 amide bonds. The fourth-order valence-corrected chi connectivity index (χ4v) is 2.69. The minimum Gasteiger partial charge on any atom is -0.300 e. The van der Waals surface area contributed by atoms with Gasteiger partial charge in [-0.2, -0.15) is 0 Å².